The first-order chi connectivity index (χ1) is 9.17. The van der Waals surface area contributed by atoms with Crippen LogP contribution in [0.15, 0.2) is 0 Å². The Balaban J connectivity index is 2.92. The van der Waals surface area contributed by atoms with Gasteiger partial charge in [0.15, 0.2) is 5.69 Å². The van der Waals surface area contributed by atoms with E-state index in [-0.39, 0.29) is 23.7 Å². The molecule has 0 saturated carbocycles. The minimum Gasteiger partial charge on any atom is -0.461 e. The third-order valence-corrected chi connectivity index (χ3v) is 2.64. The van der Waals surface area contributed by atoms with Crippen molar-refractivity contribution in [3.05, 3.63) is 11.4 Å². The monoisotopic (exact) mass is 282 g/mol. The molecular weight excluding hydrogens is 260 g/mol. The van der Waals surface area contributed by atoms with Gasteiger partial charge in [0.2, 0.25) is 5.91 Å². The Bertz CT molecular complexity index is 502. The van der Waals surface area contributed by atoms with Crippen LogP contribution in [-0.4, -0.2) is 39.0 Å². The zero-order valence-electron chi connectivity index (χ0n) is 12.9. The van der Waals surface area contributed by atoms with Gasteiger partial charge >= 0.3 is 5.97 Å². The molecule has 0 radical (unpaired) electrons. The van der Waals surface area contributed by atoms with E-state index in [4.69, 9.17) is 4.74 Å². The lowest BCUT2D eigenvalue weighted by Crippen LogP contribution is -2.44. The zero-order valence-corrected chi connectivity index (χ0v) is 12.9. The van der Waals surface area contributed by atoms with Gasteiger partial charge in [0, 0.05) is 5.54 Å². The first-order valence-electron chi connectivity index (χ1n) is 6.58. The van der Waals surface area contributed by atoms with Gasteiger partial charge in [-0.3, -0.25) is 4.79 Å². The average Bonchev–Trinajstić information content (AvgIpc) is 2.68. The molecular formula is C13H22N4O3. The van der Waals surface area contributed by atoms with E-state index < -0.39 is 12.0 Å². The normalized spacial score (nSPS) is 12.9. The molecule has 0 aliphatic heterocycles. The average molecular weight is 282 g/mol. The number of hydrogen-bond acceptors (Lipinski definition) is 5. The van der Waals surface area contributed by atoms with Crippen LogP contribution >= 0.6 is 0 Å². The number of rotatable bonds is 4. The Morgan fingerprint density at radius 2 is 2.00 bits per heavy atom. The van der Waals surface area contributed by atoms with Crippen molar-refractivity contribution in [3.63, 3.8) is 0 Å². The maximum Gasteiger partial charge on any atom is 0.360 e. The number of ether oxygens (including phenoxy) is 1. The van der Waals surface area contributed by atoms with Gasteiger partial charge in [0.1, 0.15) is 6.04 Å². The Kier molecular flexibility index (Phi) is 4.86. The van der Waals surface area contributed by atoms with Gasteiger partial charge < -0.3 is 10.1 Å². The van der Waals surface area contributed by atoms with Gasteiger partial charge in [0.05, 0.1) is 12.3 Å². The highest BCUT2D eigenvalue weighted by Crippen LogP contribution is 2.13. The van der Waals surface area contributed by atoms with Crippen molar-refractivity contribution in [1.29, 1.82) is 0 Å². The third-order valence-electron chi connectivity index (χ3n) is 2.64. The second-order valence-corrected chi connectivity index (χ2v) is 5.60. The molecule has 1 aromatic rings. The first kappa shape index (κ1) is 16.1. The Morgan fingerprint density at radius 3 is 2.50 bits per heavy atom. The fraction of sp³-hybridized carbons (Fsp3) is 0.692. The number of hydrogen-bond donors (Lipinski definition) is 1. The molecule has 112 valence electrons. The Morgan fingerprint density at radius 1 is 1.40 bits per heavy atom. The highest BCUT2D eigenvalue weighted by molar-refractivity contribution is 5.88. The number of esters is 1. The number of amides is 1. The lowest BCUT2D eigenvalue weighted by atomic mass is 10.1. The van der Waals surface area contributed by atoms with Crippen molar-refractivity contribution in [2.24, 2.45) is 0 Å². The largest absolute Gasteiger partial charge is 0.461 e. The highest BCUT2D eigenvalue weighted by atomic mass is 16.5. The summed E-state index contributed by atoms with van der Waals surface area (Å²) >= 11 is 0. The van der Waals surface area contributed by atoms with Gasteiger partial charge in [-0.05, 0) is 41.5 Å². The fourth-order valence-electron chi connectivity index (χ4n) is 1.68. The van der Waals surface area contributed by atoms with E-state index in [2.05, 4.69) is 15.6 Å². The smallest absolute Gasteiger partial charge is 0.360 e. The van der Waals surface area contributed by atoms with Crippen molar-refractivity contribution in [1.82, 2.24) is 20.3 Å². The van der Waals surface area contributed by atoms with Gasteiger partial charge in [-0.25, -0.2) is 9.48 Å². The second kappa shape index (κ2) is 6.02. The predicted octanol–water partition coefficient (Wildman–Crippen LogP) is 1.24. The van der Waals surface area contributed by atoms with Crippen molar-refractivity contribution in [2.75, 3.05) is 6.61 Å². The molecule has 0 saturated heterocycles. The lowest BCUT2D eigenvalue weighted by Gasteiger charge is -2.23. The molecule has 7 heteroatoms. The zero-order chi connectivity index (χ0) is 15.5. The topological polar surface area (TPSA) is 86.1 Å². The summed E-state index contributed by atoms with van der Waals surface area (Å²) in [7, 11) is 0. The van der Waals surface area contributed by atoms with Crippen molar-refractivity contribution >= 4 is 11.9 Å². The molecule has 1 N–H and O–H groups in total. The first-order valence-corrected chi connectivity index (χ1v) is 6.58. The molecule has 1 rings (SSSR count). The van der Waals surface area contributed by atoms with E-state index in [0.717, 1.165) is 0 Å². The van der Waals surface area contributed by atoms with E-state index in [9.17, 15) is 9.59 Å². The Labute approximate surface area is 118 Å². The van der Waals surface area contributed by atoms with Crippen LogP contribution in [0.4, 0.5) is 0 Å². The summed E-state index contributed by atoms with van der Waals surface area (Å²) in [5.74, 6) is -0.708. The van der Waals surface area contributed by atoms with E-state index >= 15 is 0 Å². The highest BCUT2D eigenvalue weighted by Gasteiger charge is 2.25. The molecule has 20 heavy (non-hydrogen) atoms. The summed E-state index contributed by atoms with van der Waals surface area (Å²) < 4.78 is 6.31. The van der Waals surface area contributed by atoms with Gasteiger partial charge in [-0.1, -0.05) is 5.21 Å². The van der Waals surface area contributed by atoms with E-state index in [0.29, 0.717) is 5.69 Å². The number of aromatic nitrogens is 3. The number of carbonyl (C=O) groups excluding carboxylic acids is 2. The lowest BCUT2D eigenvalue weighted by molar-refractivity contribution is -0.125. The molecule has 0 aliphatic carbocycles. The standard InChI is InChI=1S/C13H22N4O3/c1-7-20-12(19)10-8(2)17(16-15-10)9(3)11(18)14-13(4,5)6/h9H,7H2,1-6H3,(H,14,18). The molecule has 0 spiro atoms. The molecule has 1 unspecified atom stereocenters. The summed E-state index contributed by atoms with van der Waals surface area (Å²) in [6.07, 6.45) is 0. The van der Waals surface area contributed by atoms with Crippen LogP contribution in [0.5, 0.6) is 0 Å². The van der Waals surface area contributed by atoms with Crippen LogP contribution < -0.4 is 5.32 Å². The SMILES string of the molecule is CCOC(=O)c1nnn(C(C)C(=O)NC(C)(C)C)c1C. The molecule has 0 aromatic carbocycles. The number of nitrogens with one attached hydrogen (secondary N) is 1. The predicted molar refractivity (Wildman–Crippen MR) is 73.3 cm³/mol. The van der Waals surface area contributed by atoms with Crippen LogP contribution in [-0.2, 0) is 9.53 Å². The molecule has 7 nitrogen and oxygen atoms in total. The van der Waals surface area contributed by atoms with Crippen molar-refractivity contribution in [2.45, 2.75) is 53.1 Å². The fourth-order valence-corrected chi connectivity index (χ4v) is 1.68. The summed E-state index contributed by atoms with van der Waals surface area (Å²) in [5.41, 5.74) is 0.325. The summed E-state index contributed by atoms with van der Waals surface area (Å²) in [6, 6.07) is -0.551. The summed E-state index contributed by atoms with van der Waals surface area (Å²) in [5, 5.41) is 10.5. The molecule has 0 fully saturated rings. The second-order valence-electron chi connectivity index (χ2n) is 5.60. The minimum absolute atomic E-state index is 0.141. The van der Waals surface area contributed by atoms with Gasteiger partial charge in [-0.2, -0.15) is 0 Å². The molecule has 1 heterocycles. The van der Waals surface area contributed by atoms with E-state index in [1.165, 1.54) is 4.68 Å². The molecule has 0 bridgehead atoms. The van der Waals surface area contributed by atoms with Crippen LogP contribution in [0.2, 0.25) is 0 Å². The van der Waals surface area contributed by atoms with Crippen LogP contribution in [0.3, 0.4) is 0 Å². The third kappa shape index (κ3) is 3.79. The van der Waals surface area contributed by atoms with Gasteiger partial charge in [-0.15, -0.1) is 5.10 Å². The number of carbonyl (C=O) groups is 2. The van der Waals surface area contributed by atoms with Crippen LogP contribution in [0, 0.1) is 6.92 Å². The molecule has 1 amide bonds. The van der Waals surface area contributed by atoms with Crippen LogP contribution in [0.1, 0.15) is 56.8 Å². The summed E-state index contributed by atoms with van der Waals surface area (Å²) in [4.78, 5) is 23.8. The maximum absolute atomic E-state index is 12.1. The van der Waals surface area contributed by atoms with Crippen molar-refractivity contribution in [3.8, 4) is 0 Å². The van der Waals surface area contributed by atoms with Crippen LogP contribution in [0.25, 0.3) is 0 Å². The maximum atomic E-state index is 12.1. The number of nitrogens with zero attached hydrogens (tertiary/aromatic N) is 3. The molecule has 0 aliphatic rings. The Hall–Kier alpha value is -1.92. The van der Waals surface area contributed by atoms with Crippen molar-refractivity contribution < 1.29 is 14.3 Å². The summed E-state index contributed by atoms with van der Waals surface area (Å²) in [6.45, 7) is 11.1. The molecule has 1 atom stereocenters. The van der Waals surface area contributed by atoms with E-state index in [1.807, 2.05) is 20.8 Å². The molecule has 1 aromatic heterocycles. The quantitative estimate of drug-likeness (QED) is 0.840. The minimum atomic E-state index is -0.551. The van der Waals surface area contributed by atoms with Gasteiger partial charge in [0.25, 0.3) is 0 Å². The van der Waals surface area contributed by atoms with E-state index in [1.54, 1.807) is 20.8 Å².